The third-order valence-corrected chi connectivity index (χ3v) is 2.82. The molecule has 0 unspecified atom stereocenters. The van der Waals surface area contributed by atoms with Gasteiger partial charge in [0.2, 0.25) is 0 Å². The number of nitrogens with two attached hydrogens (primary N) is 1. The summed E-state index contributed by atoms with van der Waals surface area (Å²) in [6, 6.07) is 7.15. The fourth-order valence-corrected chi connectivity index (χ4v) is 1.88. The van der Waals surface area contributed by atoms with Crippen molar-refractivity contribution in [3.05, 3.63) is 36.2 Å². The van der Waals surface area contributed by atoms with Crippen LogP contribution in [0.3, 0.4) is 0 Å². The second kappa shape index (κ2) is 6.80. The van der Waals surface area contributed by atoms with E-state index in [-0.39, 0.29) is 18.1 Å². The maximum atomic E-state index is 13.2. The zero-order chi connectivity index (χ0) is 12.7. The first kappa shape index (κ1) is 13.4. The van der Waals surface area contributed by atoms with Gasteiger partial charge in [-0.1, -0.05) is 6.07 Å². The molecule has 0 bridgehead atoms. The normalized spacial score (nSPS) is 11.2. The third-order valence-electron chi connectivity index (χ3n) is 1.81. The van der Waals surface area contributed by atoms with E-state index >= 15 is 0 Å². The quantitative estimate of drug-likeness (QED) is 0.559. The van der Waals surface area contributed by atoms with Crippen LogP contribution in [0.15, 0.2) is 41.1 Å². The summed E-state index contributed by atoms with van der Waals surface area (Å²) in [6.45, 7) is -0.0291. The molecule has 6 heteroatoms. The van der Waals surface area contributed by atoms with E-state index in [1.54, 1.807) is 18.2 Å². The number of nitrogens with one attached hydrogen (secondary N) is 1. The Morgan fingerprint density at radius 1 is 1.59 bits per heavy atom. The molecule has 0 atom stereocenters. The molecule has 0 heterocycles. The molecule has 0 aromatic heterocycles. The summed E-state index contributed by atoms with van der Waals surface area (Å²) in [6.07, 6.45) is 0.0329. The molecule has 1 aromatic carbocycles. The van der Waals surface area contributed by atoms with Gasteiger partial charge in [0.25, 0.3) is 0 Å². The van der Waals surface area contributed by atoms with Crippen LogP contribution in [-0.4, -0.2) is 23.5 Å². The van der Waals surface area contributed by atoms with Gasteiger partial charge in [-0.05, 0) is 24.3 Å². The largest absolute Gasteiger partial charge is 0.465 e. The van der Waals surface area contributed by atoms with Crippen molar-refractivity contribution in [2.75, 3.05) is 18.0 Å². The Labute approximate surface area is 103 Å². The highest BCUT2D eigenvalue weighted by Crippen LogP contribution is 2.22. The Morgan fingerprint density at radius 3 is 3.00 bits per heavy atom. The summed E-state index contributed by atoms with van der Waals surface area (Å²) < 4.78 is 13.2. The van der Waals surface area contributed by atoms with Crippen molar-refractivity contribution in [1.82, 2.24) is 5.32 Å². The standard InChI is InChI=1S/C11H13FN2O2S/c12-8(4-5-14-11(15)16)7-17-10-3-1-2-9(13)6-10/h1-4,6,14H,5,7,13H2,(H,15,16)/b8-4-. The van der Waals surface area contributed by atoms with Crippen molar-refractivity contribution in [2.45, 2.75) is 4.90 Å². The van der Waals surface area contributed by atoms with Crippen LogP contribution < -0.4 is 11.1 Å². The van der Waals surface area contributed by atoms with Gasteiger partial charge in [0.05, 0.1) is 0 Å². The van der Waals surface area contributed by atoms with Crippen molar-refractivity contribution < 1.29 is 14.3 Å². The fraction of sp³-hybridized carbons (Fsp3) is 0.182. The Balaban J connectivity index is 2.37. The predicted molar refractivity (Wildman–Crippen MR) is 66.8 cm³/mol. The molecule has 0 spiro atoms. The number of carboxylic acid groups (broad SMARTS) is 1. The summed E-state index contributed by atoms with van der Waals surface area (Å²) in [5.41, 5.74) is 6.21. The molecule has 1 aromatic rings. The minimum Gasteiger partial charge on any atom is -0.465 e. The number of amides is 1. The molecule has 0 aliphatic heterocycles. The van der Waals surface area contributed by atoms with Crippen molar-refractivity contribution >= 4 is 23.5 Å². The van der Waals surface area contributed by atoms with Crippen LogP contribution in [-0.2, 0) is 0 Å². The zero-order valence-corrected chi connectivity index (χ0v) is 9.84. The molecule has 0 saturated carbocycles. The smallest absolute Gasteiger partial charge is 0.404 e. The molecule has 0 fully saturated rings. The molecule has 0 radical (unpaired) electrons. The summed E-state index contributed by atoms with van der Waals surface area (Å²) >= 11 is 1.30. The molecule has 0 saturated heterocycles. The van der Waals surface area contributed by atoms with E-state index in [1.165, 1.54) is 17.8 Å². The summed E-state index contributed by atoms with van der Waals surface area (Å²) in [5.74, 6) is -0.212. The van der Waals surface area contributed by atoms with Crippen LogP contribution >= 0.6 is 11.8 Å². The first-order valence-corrected chi connectivity index (χ1v) is 5.86. The summed E-state index contributed by atoms with van der Waals surface area (Å²) in [7, 11) is 0. The topological polar surface area (TPSA) is 75.3 Å². The molecule has 0 aliphatic rings. The SMILES string of the molecule is Nc1cccc(SC/C(F)=C/CNC(=O)O)c1. The number of carbonyl (C=O) groups is 1. The van der Waals surface area contributed by atoms with Gasteiger partial charge in [0.15, 0.2) is 0 Å². The minimum atomic E-state index is -1.17. The zero-order valence-electron chi connectivity index (χ0n) is 9.02. The second-order valence-corrected chi connectivity index (χ2v) is 4.25. The van der Waals surface area contributed by atoms with Crippen molar-refractivity contribution in [3.8, 4) is 0 Å². The Morgan fingerprint density at radius 2 is 2.35 bits per heavy atom. The predicted octanol–water partition coefficient (Wildman–Crippen LogP) is 2.48. The van der Waals surface area contributed by atoms with Crippen LogP contribution in [0, 0.1) is 0 Å². The lowest BCUT2D eigenvalue weighted by Crippen LogP contribution is -2.20. The van der Waals surface area contributed by atoms with E-state index in [4.69, 9.17) is 10.8 Å². The highest BCUT2D eigenvalue weighted by atomic mass is 32.2. The van der Waals surface area contributed by atoms with E-state index in [2.05, 4.69) is 5.32 Å². The number of hydrogen-bond acceptors (Lipinski definition) is 3. The number of thioether (sulfide) groups is 1. The molecule has 4 nitrogen and oxygen atoms in total. The minimum absolute atomic E-state index is 0.0291. The Kier molecular flexibility index (Phi) is 5.35. The monoisotopic (exact) mass is 256 g/mol. The molecular weight excluding hydrogens is 243 g/mol. The van der Waals surface area contributed by atoms with Gasteiger partial charge in [-0.15, -0.1) is 11.8 Å². The fourth-order valence-electron chi connectivity index (χ4n) is 1.06. The van der Waals surface area contributed by atoms with Gasteiger partial charge >= 0.3 is 6.09 Å². The van der Waals surface area contributed by atoms with E-state index in [0.717, 1.165) is 4.90 Å². The molecular formula is C11H13FN2O2S. The van der Waals surface area contributed by atoms with Crippen LogP contribution in [0.5, 0.6) is 0 Å². The van der Waals surface area contributed by atoms with E-state index in [9.17, 15) is 9.18 Å². The maximum Gasteiger partial charge on any atom is 0.404 e. The second-order valence-electron chi connectivity index (χ2n) is 3.20. The third kappa shape index (κ3) is 5.82. The van der Waals surface area contributed by atoms with E-state index in [1.807, 2.05) is 6.07 Å². The number of anilines is 1. The van der Waals surface area contributed by atoms with Crippen LogP contribution in [0.2, 0.25) is 0 Å². The van der Waals surface area contributed by atoms with Crippen molar-refractivity contribution in [1.29, 1.82) is 0 Å². The van der Waals surface area contributed by atoms with Gasteiger partial charge in [-0.25, -0.2) is 9.18 Å². The first-order valence-electron chi connectivity index (χ1n) is 4.87. The summed E-state index contributed by atoms with van der Waals surface area (Å²) in [5, 5.41) is 10.3. The van der Waals surface area contributed by atoms with E-state index < -0.39 is 6.09 Å². The lowest BCUT2D eigenvalue weighted by atomic mass is 10.3. The van der Waals surface area contributed by atoms with Crippen LogP contribution in [0.25, 0.3) is 0 Å². The number of halogens is 1. The number of rotatable bonds is 5. The summed E-state index contributed by atoms with van der Waals surface area (Å²) in [4.78, 5) is 11.0. The number of nitrogen functional groups attached to an aromatic ring is 1. The van der Waals surface area contributed by atoms with Crippen LogP contribution in [0.4, 0.5) is 14.9 Å². The lowest BCUT2D eigenvalue weighted by Gasteiger charge is -2.01. The van der Waals surface area contributed by atoms with Gasteiger partial charge in [-0.3, -0.25) is 0 Å². The molecule has 1 amide bonds. The molecule has 1 rings (SSSR count). The molecule has 4 N–H and O–H groups in total. The maximum absolute atomic E-state index is 13.2. The van der Waals surface area contributed by atoms with Gasteiger partial charge in [0.1, 0.15) is 5.83 Å². The van der Waals surface area contributed by atoms with Gasteiger partial charge in [-0.2, -0.15) is 0 Å². The van der Waals surface area contributed by atoms with E-state index in [0.29, 0.717) is 5.69 Å². The van der Waals surface area contributed by atoms with Crippen molar-refractivity contribution in [2.24, 2.45) is 0 Å². The molecule has 17 heavy (non-hydrogen) atoms. The average Bonchev–Trinajstić information content (AvgIpc) is 2.26. The Hall–Kier alpha value is -1.69. The lowest BCUT2D eigenvalue weighted by molar-refractivity contribution is 0.195. The molecule has 0 aliphatic carbocycles. The number of hydrogen-bond donors (Lipinski definition) is 3. The highest BCUT2D eigenvalue weighted by Gasteiger charge is 1.99. The highest BCUT2D eigenvalue weighted by molar-refractivity contribution is 7.99. The van der Waals surface area contributed by atoms with Crippen molar-refractivity contribution in [3.63, 3.8) is 0 Å². The molecule has 92 valence electrons. The average molecular weight is 256 g/mol. The van der Waals surface area contributed by atoms with Gasteiger partial charge in [0, 0.05) is 22.9 Å². The Bertz CT molecular complexity index is 424. The first-order chi connectivity index (χ1) is 8.08. The number of benzene rings is 1. The van der Waals surface area contributed by atoms with Gasteiger partial charge < -0.3 is 16.2 Å². The van der Waals surface area contributed by atoms with Crippen LogP contribution in [0.1, 0.15) is 0 Å².